The first-order valence-electron chi connectivity index (χ1n) is 12.6. The zero-order valence-corrected chi connectivity index (χ0v) is 20.8. The smallest absolute Gasteiger partial charge is 0.264 e. The minimum atomic E-state index is -1.67. The molecule has 3 heterocycles. The highest BCUT2D eigenvalue weighted by molar-refractivity contribution is 6.07. The molecule has 2 aromatic carbocycles. The number of benzene rings is 2. The van der Waals surface area contributed by atoms with Crippen molar-refractivity contribution in [3.8, 4) is 0 Å². The number of hydrogen-bond donors (Lipinski definition) is 2. The van der Waals surface area contributed by atoms with E-state index in [4.69, 9.17) is 5.11 Å². The van der Waals surface area contributed by atoms with Crippen LogP contribution in [-0.4, -0.2) is 50.2 Å². The van der Waals surface area contributed by atoms with Crippen molar-refractivity contribution in [2.45, 2.75) is 44.9 Å². The largest absolute Gasteiger partial charge is 0.396 e. The Hall–Kier alpha value is -3.82. The van der Waals surface area contributed by atoms with E-state index in [9.17, 15) is 14.7 Å². The second-order valence-electron chi connectivity index (χ2n) is 9.59. The fourth-order valence-corrected chi connectivity index (χ4v) is 4.93. The quantitative estimate of drug-likeness (QED) is 0.326. The summed E-state index contributed by atoms with van der Waals surface area (Å²) in [6.07, 6.45) is 7.35. The molecule has 2 aliphatic rings. The number of fused-ring (bicyclic) bond motifs is 1. The first-order chi connectivity index (χ1) is 17.9. The van der Waals surface area contributed by atoms with Crippen LogP contribution in [0.25, 0.3) is 0 Å². The Morgan fingerprint density at radius 2 is 1.92 bits per heavy atom. The predicted octanol–water partition coefficient (Wildman–Crippen LogP) is 2.57. The highest BCUT2D eigenvalue weighted by Gasteiger charge is 2.52. The van der Waals surface area contributed by atoms with Crippen LogP contribution in [0.2, 0.25) is 0 Å². The van der Waals surface area contributed by atoms with E-state index in [2.05, 4.69) is 10.3 Å². The molecular weight excluding hydrogens is 470 g/mol. The van der Waals surface area contributed by atoms with Gasteiger partial charge in [0.05, 0.1) is 17.9 Å². The van der Waals surface area contributed by atoms with Crippen LogP contribution < -0.4 is 9.80 Å². The van der Waals surface area contributed by atoms with Crippen molar-refractivity contribution >= 4 is 23.2 Å². The number of amides is 2. The predicted molar refractivity (Wildman–Crippen MR) is 139 cm³/mol. The van der Waals surface area contributed by atoms with Gasteiger partial charge in [-0.25, -0.2) is 0 Å². The number of aliphatic hydroxyl groups is 2. The number of β-lactam (4-membered cyclic amide) rings is 1. The molecule has 9 nitrogen and oxygen atoms in total. The molecule has 0 saturated carbocycles. The number of nitrogens with zero attached hydrogens (tertiary/aromatic N) is 5. The van der Waals surface area contributed by atoms with Crippen LogP contribution in [0.5, 0.6) is 0 Å². The zero-order valence-electron chi connectivity index (χ0n) is 20.8. The second kappa shape index (κ2) is 10.3. The van der Waals surface area contributed by atoms with Gasteiger partial charge in [-0.3, -0.25) is 14.3 Å². The maximum absolute atomic E-state index is 13.7. The molecule has 3 aromatic rings. The van der Waals surface area contributed by atoms with Crippen LogP contribution in [0.3, 0.4) is 0 Å². The Labute approximate surface area is 215 Å². The molecule has 1 aromatic heterocycles. The number of anilines is 2. The molecule has 0 unspecified atom stereocenters. The number of aliphatic hydroxyl groups excluding tert-OH is 1. The molecule has 2 atom stereocenters. The number of carbonyl (C=O) groups excluding carboxylic acids is 2. The Morgan fingerprint density at radius 3 is 2.62 bits per heavy atom. The standard InChI is InChI=1S/C28H31N5O4/c1-20(6-4-5-15-31-19-22(14-17-34)29-30-31)28(37)24-7-2-3-8-25(24)33(27(28)36)18-21-9-11-23(12-10-21)32-16-13-26(32)35/h2-4,6-12,19-20,34,37H,5,13-18H2,1H3/b6-4+/t20-,28+/m1/s1. The molecule has 5 rings (SSSR count). The van der Waals surface area contributed by atoms with E-state index in [1.165, 1.54) is 0 Å². The van der Waals surface area contributed by atoms with Gasteiger partial charge in [0.2, 0.25) is 5.91 Å². The molecule has 0 aliphatic carbocycles. The van der Waals surface area contributed by atoms with Crippen LogP contribution in [0.15, 0.2) is 66.9 Å². The van der Waals surface area contributed by atoms with Crippen molar-refractivity contribution in [2.75, 3.05) is 23.0 Å². The van der Waals surface area contributed by atoms with E-state index < -0.39 is 11.5 Å². The first-order valence-corrected chi connectivity index (χ1v) is 12.6. The van der Waals surface area contributed by atoms with Crippen molar-refractivity contribution in [1.82, 2.24) is 15.0 Å². The highest BCUT2D eigenvalue weighted by atomic mass is 16.3. The summed E-state index contributed by atoms with van der Waals surface area (Å²) in [5.41, 5.74) is 2.16. The number of para-hydroxylation sites is 1. The monoisotopic (exact) mass is 501 g/mol. The van der Waals surface area contributed by atoms with Gasteiger partial charge >= 0.3 is 0 Å². The molecule has 1 saturated heterocycles. The molecular formula is C28H31N5O4. The Morgan fingerprint density at radius 1 is 1.14 bits per heavy atom. The maximum Gasteiger partial charge on any atom is 0.264 e. The summed E-state index contributed by atoms with van der Waals surface area (Å²) in [6.45, 7) is 3.55. The van der Waals surface area contributed by atoms with E-state index in [0.717, 1.165) is 23.5 Å². The van der Waals surface area contributed by atoms with Crippen molar-refractivity contribution in [2.24, 2.45) is 5.92 Å². The zero-order chi connectivity index (χ0) is 26.0. The molecule has 2 amide bonds. The van der Waals surface area contributed by atoms with Gasteiger partial charge in [-0.1, -0.05) is 54.6 Å². The third-order valence-electron chi connectivity index (χ3n) is 7.18. The average Bonchev–Trinajstić information content (AvgIpc) is 3.44. The Bertz CT molecular complexity index is 1320. The van der Waals surface area contributed by atoms with Crippen LogP contribution in [0, 0.1) is 5.92 Å². The number of aryl methyl sites for hydroxylation is 1. The SMILES string of the molecule is C[C@H](/C=C/CCn1cc(CCO)nn1)[C@@]1(O)C(=O)N(Cc2ccc(N3CCC3=O)cc2)c2ccccc21. The Kier molecular flexibility index (Phi) is 6.90. The molecule has 1 fully saturated rings. The van der Waals surface area contributed by atoms with Gasteiger partial charge < -0.3 is 20.0 Å². The number of aromatic nitrogens is 3. The number of allylic oxidation sites excluding steroid dienone is 1. The number of carbonyl (C=O) groups is 2. The molecule has 0 bridgehead atoms. The lowest BCUT2D eigenvalue weighted by Gasteiger charge is -2.31. The summed E-state index contributed by atoms with van der Waals surface area (Å²) in [4.78, 5) is 28.8. The van der Waals surface area contributed by atoms with Gasteiger partial charge in [0, 0.05) is 55.9 Å². The molecule has 2 N–H and O–H groups in total. The molecule has 0 radical (unpaired) electrons. The number of hydrogen-bond acceptors (Lipinski definition) is 6. The summed E-state index contributed by atoms with van der Waals surface area (Å²) < 4.78 is 1.72. The topological polar surface area (TPSA) is 112 Å². The van der Waals surface area contributed by atoms with Crippen molar-refractivity contribution < 1.29 is 19.8 Å². The fourth-order valence-electron chi connectivity index (χ4n) is 4.93. The second-order valence-corrected chi connectivity index (χ2v) is 9.59. The minimum Gasteiger partial charge on any atom is -0.396 e. The van der Waals surface area contributed by atoms with Crippen LogP contribution in [0.4, 0.5) is 11.4 Å². The molecule has 37 heavy (non-hydrogen) atoms. The lowest BCUT2D eigenvalue weighted by atomic mass is 9.83. The molecule has 192 valence electrons. The summed E-state index contributed by atoms with van der Waals surface area (Å²) in [5, 5.41) is 28.8. The average molecular weight is 502 g/mol. The van der Waals surface area contributed by atoms with Gasteiger partial charge in [-0.05, 0) is 30.2 Å². The molecule has 9 heteroatoms. The summed E-state index contributed by atoms with van der Waals surface area (Å²) in [6, 6.07) is 15.0. The van der Waals surface area contributed by atoms with E-state index in [-0.39, 0.29) is 18.4 Å². The van der Waals surface area contributed by atoms with Gasteiger partial charge in [-0.15, -0.1) is 5.10 Å². The van der Waals surface area contributed by atoms with Crippen LogP contribution in [-0.2, 0) is 34.7 Å². The van der Waals surface area contributed by atoms with Crippen molar-refractivity contribution in [3.05, 3.63) is 83.7 Å². The lowest BCUT2D eigenvalue weighted by Crippen LogP contribution is -2.44. The van der Waals surface area contributed by atoms with E-state index in [0.29, 0.717) is 43.6 Å². The first kappa shape index (κ1) is 24.9. The lowest BCUT2D eigenvalue weighted by molar-refractivity contribution is -0.139. The van der Waals surface area contributed by atoms with Gasteiger partial charge in [0.1, 0.15) is 0 Å². The highest BCUT2D eigenvalue weighted by Crippen LogP contribution is 2.45. The van der Waals surface area contributed by atoms with Crippen LogP contribution in [0.1, 0.15) is 36.6 Å². The third kappa shape index (κ3) is 4.68. The maximum atomic E-state index is 13.7. The van der Waals surface area contributed by atoms with Gasteiger partial charge in [0.25, 0.3) is 5.91 Å². The van der Waals surface area contributed by atoms with E-state index in [1.807, 2.05) is 73.8 Å². The summed E-state index contributed by atoms with van der Waals surface area (Å²) in [5.74, 6) is -0.680. The fraction of sp³-hybridized carbons (Fsp3) is 0.357. The minimum absolute atomic E-state index is 0.0339. The Balaban J connectivity index is 1.28. The molecule has 0 spiro atoms. The van der Waals surface area contributed by atoms with Crippen LogP contribution >= 0.6 is 0 Å². The van der Waals surface area contributed by atoms with Crippen molar-refractivity contribution in [3.63, 3.8) is 0 Å². The van der Waals surface area contributed by atoms with Crippen molar-refractivity contribution in [1.29, 1.82) is 0 Å². The van der Waals surface area contributed by atoms with Gasteiger partial charge in [-0.2, -0.15) is 0 Å². The van der Waals surface area contributed by atoms with Gasteiger partial charge in [0.15, 0.2) is 5.60 Å². The third-order valence-corrected chi connectivity index (χ3v) is 7.18. The molecule has 2 aliphatic heterocycles. The van der Waals surface area contributed by atoms with E-state index >= 15 is 0 Å². The normalized spacial score (nSPS) is 20.0. The number of rotatable bonds is 10. The summed E-state index contributed by atoms with van der Waals surface area (Å²) in [7, 11) is 0. The summed E-state index contributed by atoms with van der Waals surface area (Å²) >= 11 is 0. The van der Waals surface area contributed by atoms with E-state index in [1.54, 1.807) is 14.5 Å².